The van der Waals surface area contributed by atoms with Crippen LogP contribution in [-0.4, -0.2) is 125 Å². The van der Waals surface area contributed by atoms with Crippen molar-refractivity contribution in [2.24, 2.45) is 0 Å². The lowest BCUT2D eigenvalue weighted by atomic mass is 10.6. The van der Waals surface area contributed by atoms with Gasteiger partial charge in [0.25, 0.3) is 0 Å². The molecule has 0 aromatic rings. The third-order valence-corrected chi connectivity index (χ3v) is 36.9. The van der Waals surface area contributed by atoms with E-state index in [-0.39, 0.29) is 5.16 Å². The Hall–Kier alpha value is 0.998. The Balaban J connectivity index is 3.47. The predicted molar refractivity (Wildman–Crippen MR) is 175 cm³/mol. The van der Waals surface area contributed by atoms with E-state index in [0.717, 1.165) is 18.9 Å². The number of hydrogen-bond acceptors (Lipinski definition) is 13. The van der Waals surface area contributed by atoms with E-state index in [1.165, 1.54) is 0 Å². The van der Waals surface area contributed by atoms with E-state index in [0.29, 0.717) is 24.6 Å². The van der Waals surface area contributed by atoms with Crippen LogP contribution in [0.1, 0.15) is 26.2 Å². The van der Waals surface area contributed by atoms with Crippen LogP contribution in [0.4, 0.5) is 0 Å². The molecule has 5 atom stereocenters. The van der Waals surface area contributed by atoms with E-state index in [9.17, 15) is 0 Å². The minimum Gasteiger partial charge on any atom is -0.418 e. The first-order valence-corrected chi connectivity index (χ1v) is 29.6. The molecule has 1 aliphatic rings. The van der Waals surface area contributed by atoms with Crippen LogP contribution in [0.2, 0.25) is 55.5 Å². The van der Waals surface area contributed by atoms with Crippen molar-refractivity contribution in [2.45, 2.75) is 81.7 Å². The highest BCUT2D eigenvalue weighted by Gasteiger charge is 2.63. The molecule has 0 N–H and O–H groups in total. The zero-order chi connectivity index (χ0) is 32.3. The lowest BCUT2D eigenvalue weighted by Gasteiger charge is -2.50. The Morgan fingerprint density at radius 2 is 1.00 bits per heavy atom. The second-order valence-corrected chi connectivity index (χ2v) is 33.6. The minimum atomic E-state index is -3.14. The van der Waals surface area contributed by atoms with Crippen molar-refractivity contribution < 1.29 is 56.3 Å². The first-order valence-electron chi connectivity index (χ1n) is 14.4. The van der Waals surface area contributed by atoms with Crippen LogP contribution >= 0.6 is 0 Å². The highest BCUT2D eigenvalue weighted by Crippen LogP contribution is 2.43. The normalized spacial score (nSPS) is 28.9. The van der Waals surface area contributed by atoms with Gasteiger partial charge in [-0.1, -0.05) is 6.92 Å². The fraction of sp³-hybridized carbons (Fsp3) is 1.00. The van der Waals surface area contributed by atoms with E-state index in [2.05, 4.69) is 26.6 Å². The minimum absolute atomic E-state index is 0.188. The maximum atomic E-state index is 7.27. The molecule has 0 aromatic carbocycles. The summed E-state index contributed by atoms with van der Waals surface area (Å²) >= 11 is 0. The molecule has 20 heteroatoms. The maximum absolute atomic E-state index is 7.27. The van der Waals surface area contributed by atoms with E-state index in [4.69, 9.17) is 56.3 Å². The zero-order valence-corrected chi connectivity index (χ0v) is 35.6. The van der Waals surface area contributed by atoms with Gasteiger partial charge in [-0.15, -0.1) is 0 Å². The van der Waals surface area contributed by atoms with Crippen LogP contribution in [0.25, 0.3) is 0 Å². The van der Waals surface area contributed by atoms with E-state index < -0.39 is 61.4 Å². The van der Waals surface area contributed by atoms with Gasteiger partial charge in [0.2, 0.25) is 0 Å². The molecule has 0 aromatic heterocycles. The van der Waals surface area contributed by atoms with Crippen LogP contribution in [0, 0.1) is 0 Å². The zero-order valence-electron chi connectivity index (χ0n) is 28.4. The van der Waals surface area contributed by atoms with Gasteiger partial charge in [-0.3, -0.25) is 0 Å². The van der Waals surface area contributed by atoms with Gasteiger partial charge in [0.15, 0.2) is 0 Å². The van der Waals surface area contributed by atoms with Crippen molar-refractivity contribution in [1.82, 2.24) is 0 Å². The molecule has 42 heavy (non-hydrogen) atoms. The fourth-order valence-electron chi connectivity index (χ4n) is 6.01. The van der Waals surface area contributed by atoms with Crippen LogP contribution in [0.15, 0.2) is 0 Å². The van der Waals surface area contributed by atoms with Crippen molar-refractivity contribution in [2.75, 3.05) is 64.0 Å². The quantitative estimate of drug-likeness (QED) is 0.169. The Morgan fingerprint density at radius 3 is 1.36 bits per heavy atom. The molecule has 1 fully saturated rings. The lowest BCUT2D eigenvalue weighted by Crippen LogP contribution is -2.68. The Bertz CT molecular complexity index is 756. The highest BCUT2D eigenvalue weighted by molar-refractivity contribution is 6.95. The lowest BCUT2D eigenvalue weighted by molar-refractivity contribution is 0.112. The average Bonchev–Trinajstić information content (AvgIpc) is 2.95. The van der Waals surface area contributed by atoms with Crippen LogP contribution in [0.3, 0.4) is 0 Å². The SMILES string of the molecule is CCC([Si]1(C)O[SiH](C)O[Si](C)(CCC[Si](OC)(OC)OC)O[Si](C)(CCC[Si](OC)(OC)OC)O1)[Si](OC)(OC)OC. The summed E-state index contributed by atoms with van der Waals surface area (Å²) in [5, 5.41) is -0.188. The molecule has 1 aliphatic heterocycles. The molecule has 5 unspecified atom stereocenters. The summed E-state index contributed by atoms with van der Waals surface area (Å²) in [6, 6.07) is 2.68. The smallest absolute Gasteiger partial charge is 0.418 e. The Labute approximate surface area is 262 Å². The summed E-state index contributed by atoms with van der Waals surface area (Å²) in [6.45, 7) is 10.4. The molecule has 1 heterocycles. The van der Waals surface area contributed by atoms with Gasteiger partial charge in [-0.05, 0) is 57.5 Å². The molecule has 252 valence electrons. The van der Waals surface area contributed by atoms with Gasteiger partial charge in [-0.2, -0.15) is 0 Å². The van der Waals surface area contributed by atoms with E-state index >= 15 is 0 Å². The van der Waals surface area contributed by atoms with Crippen LogP contribution in [0.5, 0.6) is 0 Å². The highest BCUT2D eigenvalue weighted by atomic mass is 28.5. The number of hydrogen-bond donors (Lipinski definition) is 0. The summed E-state index contributed by atoms with van der Waals surface area (Å²) in [5.74, 6) is 0. The molecule has 0 spiro atoms. The molecule has 0 amide bonds. The van der Waals surface area contributed by atoms with Crippen molar-refractivity contribution in [3.8, 4) is 0 Å². The van der Waals surface area contributed by atoms with Gasteiger partial charge in [-0.25, -0.2) is 0 Å². The molecule has 0 saturated carbocycles. The molecule has 0 bridgehead atoms. The summed E-state index contributed by atoms with van der Waals surface area (Å²) < 4.78 is 80.1. The molecule has 0 aliphatic carbocycles. The average molecular weight is 727 g/mol. The van der Waals surface area contributed by atoms with Crippen molar-refractivity contribution in [1.29, 1.82) is 0 Å². The Morgan fingerprint density at radius 1 is 0.595 bits per heavy atom. The van der Waals surface area contributed by atoms with Crippen LogP contribution in [-0.2, 0) is 56.3 Å². The standard InChI is InChI=1S/C22H58O13Si7/c1-15-22(42(29-8,30-9)31-10)39(14)33-36(11)32-37(12,18-16-20-40(23-2,24-3)25-4)34-38(13,35-39)19-17-21-41(26-5,27-6)28-7/h22,36H,15-21H2,1-14H3. The van der Waals surface area contributed by atoms with Crippen molar-refractivity contribution in [3.63, 3.8) is 0 Å². The molecule has 1 saturated heterocycles. The fourth-order valence-corrected chi connectivity index (χ4v) is 37.0. The summed E-state index contributed by atoms with van der Waals surface area (Å²) in [5.41, 5.74) is 0. The summed E-state index contributed by atoms with van der Waals surface area (Å²) in [7, 11) is -4.99. The van der Waals surface area contributed by atoms with Gasteiger partial charge >= 0.3 is 61.4 Å². The third-order valence-electron chi connectivity index (χ3n) is 8.08. The predicted octanol–water partition coefficient (Wildman–Crippen LogP) is 3.87. The first kappa shape index (κ1) is 41.0. The van der Waals surface area contributed by atoms with Crippen molar-refractivity contribution in [3.05, 3.63) is 0 Å². The van der Waals surface area contributed by atoms with Gasteiger partial charge in [0.05, 0.1) is 5.16 Å². The van der Waals surface area contributed by atoms with Crippen molar-refractivity contribution >= 4 is 61.4 Å². The molecule has 13 nitrogen and oxygen atoms in total. The monoisotopic (exact) mass is 726 g/mol. The van der Waals surface area contributed by atoms with Crippen LogP contribution < -0.4 is 0 Å². The number of rotatable bonds is 20. The Kier molecular flexibility index (Phi) is 17.4. The topological polar surface area (TPSA) is 120 Å². The van der Waals surface area contributed by atoms with E-state index in [1.54, 1.807) is 64.0 Å². The summed E-state index contributed by atoms with van der Waals surface area (Å²) in [4.78, 5) is 0. The molecular formula is C22H58O13Si7. The second kappa shape index (κ2) is 17.8. The maximum Gasteiger partial charge on any atom is 0.505 e. The van der Waals surface area contributed by atoms with Gasteiger partial charge in [0, 0.05) is 76.1 Å². The molecule has 0 radical (unpaired) electrons. The molecule has 1 rings (SSSR count). The molecular weight excluding hydrogens is 669 g/mol. The van der Waals surface area contributed by atoms with Gasteiger partial charge in [0.1, 0.15) is 0 Å². The summed E-state index contributed by atoms with van der Waals surface area (Å²) in [6.07, 6.45) is 2.20. The van der Waals surface area contributed by atoms with Gasteiger partial charge < -0.3 is 56.3 Å². The largest absolute Gasteiger partial charge is 0.505 e. The second-order valence-electron chi connectivity index (χ2n) is 10.8. The first-order chi connectivity index (χ1) is 19.7. The third kappa shape index (κ3) is 10.2. The van der Waals surface area contributed by atoms with E-state index in [1.807, 2.05) is 6.55 Å².